The maximum atomic E-state index is 13.1. The first kappa shape index (κ1) is 20.9. The number of amides is 2. The number of hydrogen-bond acceptors (Lipinski definition) is 6. The molecule has 3 aliphatic rings. The van der Waals surface area contributed by atoms with E-state index in [-0.39, 0.29) is 25.0 Å². The number of nitrogens with one attached hydrogen (secondary N) is 1. The van der Waals surface area contributed by atoms with Gasteiger partial charge >= 0.3 is 0 Å². The Hall–Kier alpha value is -2.32. The summed E-state index contributed by atoms with van der Waals surface area (Å²) in [5.74, 6) is 1.31. The van der Waals surface area contributed by atoms with Gasteiger partial charge in [0.25, 0.3) is 0 Å². The lowest BCUT2D eigenvalue weighted by atomic mass is 9.89. The summed E-state index contributed by atoms with van der Waals surface area (Å²) in [5, 5.41) is 8.92. The highest BCUT2D eigenvalue weighted by Crippen LogP contribution is 2.34. The van der Waals surface area contributed by atoms with Gasteiger partial charge in [0.2, 0.25) is 18.6 Å². The van der Waals surface area contributed by atoms with Gasteiger partial charge in [-0.15, -0.1) is 0 Å². The number of ether oxygens (including phenoxy) is 2. The molecule has 0 spiro atoms. The van der Waals surface area contributed by atoms with Gasteiger partial charge in [0.05, 0.1) is 0 Å². The van der Waals surface area contributed by atoms with E-state index in [1.165, 1.54) is 12.8 Å². The molecule has 1 aromatic rings. The van der Waals surface area contributed by atoms with Crippen LogP contribution in [0.5, 0.6) is 11.5 Å². The first-order chi connectivity index (χ1) is 14.6. The number of fused-ring (bicyclic) bond motifs is 1. The Kier molecular flexibility index (Phi) is 6.74. The average Bonchev–Trinajstić information content (AvgIpc) is 3.44. The average molecular weight is 418 g/mol. The van der Waals surface area contributed by atoms with Crippen molar-refractivity contribution in [3.8, 4) is 11.5 Å². The molecule has 8 heteroatoms. The SMILES string of the molecule is O=C(CC(CC1CCCC1)C(=O)N1CCN(Cc2ccc3c(c2)OCO3)CC1)NO. The molecule has 1 atom stereocenters. The minimum absolute atomic E-state index is 0.0493. The van der Waals surface area contributed by atoms with Gasteiger partial charge in [0.1, 0.15) is 0 Å². The zero-order valence-electron chi connectivity index (χ0n) is 17.3. The molecule has 8 nitrogen and oxygen atoms in total. The lowest BCUT2D eigenvalue weighted by Crippen LogP contribution is -2.50. The molecule has 0 radical (unpaired) electrons. The molecular formula is C22H31N3O5. The van der Waals surface area contributed by atoms with E-state index < -0.39 is 5.91 Å². The van der Waals surface area contributed by atoms with E-state index in [0.29, 0.717) is 19.0 Å². The number of nitrogens with zero attached hydrogens (tertiary/aromatic N) is 2. The fourth-order valence-electron chi connectivity index (χ4n) is 4.87. The highest BCUT2D eigenvalue weighted by atomic mass is 16.7. The molecule has 2 N–H and O–H groups in total. The Labute approximate surface area is 177 Å². The Morgan fingerprint density at radius 2 is 1.83 bits per heavy atom. The van der Waals surface area contributed by atoms with E-state index in [0.717, 1.165) is 56.0 Å². The molecule has 1 unspecified atom stereocenters. The quantitative estimate of drug-likeness (QED) is 0.522. The molecule has 0 bridgehead atoms. The molecule has 1 aliphatic carbocycles. The van der Waals surface area contributed by atoms with Crippen molar-refractivity contribution in [3.63, 3.8) is 0 Å². The van der Waals surface area contributed by atoms with Gasteiger partial charge in [-0.05, 0) is 30.0 Å². The van der Waals surface area contributed by atoms with Crippen LogP contribution in [0.2, 0.25) is 0 Å². The smallest absolute Gasteiger partial charge is 0.244 e. The normalized spacial score (nSPS) is 20.4. The first-order valence-corrected chi connectivity index (χ1v) is 10.9. The largest absolute Gasteiger partial charge is 0.454 e. The van der Waals surface area contributed by atoms with Gasteiger partial charge in [-0.2, -0.15) is 0 Å². The van der Waals surface area contributed by atoms with Gasteiger partial charge in [0.15, 0.2) is 11.5 Å². The zero-order valence-corrected chi connectivity index (χ0v) is 17.3. The second-order valence-corrected chi connectivity index (χ2v) is 8.61. The van der Waals surface area contributed by atoms with E-state index in [1.54, 1.807) is 5.48 Å². The number of carbonyl (C=O) groups excluding carboxylic acids is 2. The summed E-state index contributed by atoms with van der Waals surface area (Å²) >= 11 is 0. The Bertz CT molecular complexity index is 757. The van der Waals surface area contributed by atoms with E-state index in [4.69, 9.17) is 14.7 Å². The van der Waals surface area contributed by atoms with E-state index in [9.17, 15) is 9.59 Å². The van der Waals surface area contributed by atoms with Crippen LogP contribution in [0.4, 0.5) is 0 Å². The zero-order chi connectivity index (χ0) is 20.9. The van der Waals surface area contributed by atoms with Crippen molar-refractivity contribution in [2.75, 3.05) is 33.0 Å². The van der Waals surface area contributed by atoms with Gasteiger partial charge < -0.3 is 14.4 Å². The number of piperazine rings is 1. The molecule has 1 aromatic carbocycles. The first-order valence-electron chi connectivity index (χ1n) is 10.9. The fourth-order valence-corrected chi connectivity index (χ4v) is 4.87. The predicted molar refractivity (Wildman–Crippen MR) is 109 cm³/mol. The topological polar surface area (TPSA) is 91.3 Å². The number of rotatable bonds is 7. The van der Waals surface area contributed by atoms with E-state index in [1.807, 2.05) is 17.0 Å². The predicted octanol–water partition coefficient (Wildman–Crippen LogP) is 2.15. The van der Waals surface area contributed by atoms with Crippen LogP contribution in [-0.2, 0) is 16.1 Å². The van der Waals surface area contributed by atoms with Crippen LogP contribution in [-0.4, -0.2) is 59.8 Å². The van der Waals surface area contributed by atoms with Gasteiger partial charge in [-0.25, -0.2) is 5.48 Å². The number of benzene rings is 1. The summed E-state index contributed by atoms with van der Waals surface area (Å²) in [6, 6.07) is 6.01. The summed E-state index contributed by atoms with van der Waals surface area (Å²) in [6.07, 6.45) is 5.47. The van der Waals surface area contributed by atoms with Crippen molar-refractivity contribution >= 4 is 11.8 Å². The minimum Gasteiger partial charge on any atom is -0.454 e. The van der Waals surface area contributed by atoms with Crippen LogP contribution in [0, 0.1) is 11.8 Å². The standard InChI is InChI=1S/C22H31N3O5/c26-21(23-28)13-18(11-16-3-1-2-4-16)22(27)25-9-7-24(8-10-25)14-17-5-6-19-20(12-17)30-15-29-19/h5-6,12,16,18,28H,1-4,7-11,13-15H2,(H,23,26). The number of carbonyl (C=O) groups is 2. The third-order valence-corrected chi connectivity index (χ3v) is 6.53. The van der Waals surface area contributed by atoms with Crippen LogP contribution in [0.3, 0.4) is 0 Å². The summed E-state index contributed by atoms with van der Waals surface area (Å²) < 4.78 is 10.8. The second kappa shape index (κ2) is 9.66. The van der Waals surface area contributed by atoms with Gasteiger partial charge in [-0.1, -0.05) is 31.7 Å². The van der Waals surface area contributed by atoms with Gasteiger partial charge in [-0.3, -0.25) is 19.7 Å². The van der Waals surface area contributed by atoms with Crippen LogP contribution < -0.4 is 15.0 Å². The summed E-state index contributed by atoms with van der Waals surface area (Å²) in [6.45, 7) is 3.98. The highest BCUT2D eigenvalue weighted by Gasteiger charge is 2.32. The summed E-state index contributed by atoms with van der Waals surface area (Å²) in [7, 11) is 0. The van der Waals surface area contributed by atoms with Gasteiger partial charge in [0, 0.05) is 45.1 Å². The molecule has 2 aliphatic heterocycles. The summed E-state index contributed by atoms with van der Waals surface area (Å²) in [5.41, 5.74) is 2.86. The lowest BCUT2D eigenvalue weighted by molar-refractivity contribution is -0.142. The van der Waals surface area contributed by atoms with Crippen LogP contribution in [0.1, 0.15) is 44.1 Å². The molecule has 2 heterocycles. The molecular weight excluding hydrogens is 386 g/mol. The monoisotopic (exact) mass is 417 g/mol. The Balaban J connectivity index is 1.30. The molecule has 0 aromatic heterocycles. The maximum Gasteiger partial charge on any atom is 0.244 e. The third kappa shape index (κ3) is 5.05. The molecule has 2 fully saturated rings. The van der Waals surface area contributed by atoms with E-state index >= 15 is 0 Å². The lowest BCUT2D eigenvalue weighted by Gasteiger charge is -2.36. The fraction of sp³-hybridized carbons (Fsp3) is 0.636. The molecule has 1 saturated heterocycles. The van der Waals surface area contributed by atoms with Crippen LogP contribution in [0.25, 0.3) is 0 Å². The maximum absolute atomic E-state index is 13.1. The van der Waals surface area contributed by atoms with Crippen LogP contribution in [0.15, 0.2) is 18.2 Å². The third-order valence-electron chi connectivity index (χ3n) is 6.53. The molecule has 4 rings (SSSR count). The van der Waals surface area contributed by atoms with E-state index in [2.05, 4.69) is 11.0 Å². The van der Waals surface area contributed by atoms with Crippen molar-refractivity contribution in [1.82, 2.24) is 15.3 Å². The Morgan fingerprint density at radius 3 is 2.57 bits per heavy atom. The number of hydrogen-bond donors (Lipinski definition) is 2. The molecule has 30 heavy (non-hydrogen) atoms. The van der Waals surface area contributed by atoms with Crippen molar-refractivity contribution in [3.05, 3.63) is 23.8 Å². The van der Waals surface area contributed by atoms with Crippen molar-refractivity contribution in [2.24, 2.45) is 11.8 Å². The highest BCUT2D eigenvalue weighted by molar-refractivity contribution is 5.85. The number of hydroxylamine groups is 1. The van der Waals surface area contributed by atoms with Crippen molar-refractivity contribution < 1.29 is 24.3 Å². The Morgan fingerprint density at radius 1 is 1.10 bits per heavy atom. The summed E-state index contributed by atoms with van der Waals surface area (Å²) in [4.78, 5) is 29.1. The van der Waals surface area contributed by atoms with Crippen molar-refractivity contribution in [2.45, 2.75) is 45.1 Å². The second-order valence-electron chi connectivity index (χ2n) is 8.61. The minimum atomic E-state index is -0.479. The molecule has 1 saturated carbocycles. The van der Waals surface area contributed by atoms with Crippen LogP contribution >= 0.6 is 0 Å². The van der Waals surface area contributed by atoms with Crippen molar-refractivity contribution in [1.29, 1.82) is 0 Å². The molecule has 164 valence electrons. The molecule has 2 amide bonds.